The number of likely N-dealkylation sites (tertiary alicyclic amines) is 1. The quantitative estimate of drug-likeness (QED) is 0.669. The third-order valence-corrected chi connectivity index (χ3v) is 5.64. The first-order valence-corrected chi connectivity index (χ1v) is 10.6. The first-order chi connectivity index (χ1) is 13.7. The van der Waals surface area contributed by atoms with Gasteiger partial charge in [0.1, 0.15) is 0 Å². The van der Waals surface area contributed by atoms with Crippen LogP contribution in [0.4, 0.5) is 5.69 Å². The molecule has 0 bridgehead atoms. The molecule has 1 aliphatic rings. The van der Waals surface area contributed by atoms with E-state index in [2.05, 4.69) is 28.5 Å². The molecule has 4 nitrogen and oxygen atoms in total. The smallest absolute Gasteiger partial charge is 0.257 e. The number of rotatable bonds is 8. The van der Waals surface area contributed by atoms with Gasteiger partial charge in [0, 0.05) is 12.2 Å². The van der Waals surface area contributed by atoms with Gasteiger partial charge in [0.05, 0.1) is 10.6 Å². The van der Waals surface area contributed by atoms with Crippen LogP contribution in [0.5, 0.6) is 0 Å². The van der Waals surface area contributed by atoms with Gasteiger partial charge < -0.3 is 15.5 Å². The monoisotopic (exact) mass is 399 g/mol. The molecule has 1 amide bonds. The Morgan fingerprint density at radius 2 is 1.93 bits per heavy atom. The number of nitrogens with zero attached hydrogens (tertiary/aromatic N) is 1. The molecule has 1 aliphatic heterocycles. The molecule has 2 N–H and O–H groups in total. The summed E-state index contributed by atoms with van der Waals surface area (Å²) in [6.45, 7) is 7.79. The molecular formula is C23H30ClN3O. The van der Waals surface area contributed by atoms with Gasteiger partial charge in [0.15, 0.2) is 0 Å². The van der Waals surface area contributed by atoms with Crippen LogP contribution in [0.25, 0.3) is 0 Å². The highest BCUT2D eigenvalue weighted by atomic mass is 35.5. The summed E-state index contributed by atoms with van der Waals surface area (Å²) >= 11 is 6.11. The molecule has 28 heavy (non-hydrogen) atoms. The molecule has 5 heteroatoms. The average Bonchev–Trinajstić information content (AvgIpc) is 2.70. The van der Waals surface area contributed by atoms with Crippen molar-refractivity contribution in [3.05, 3.63) is 64.7 Å². The van der Waals surface area contributed by atoms with E-state index in [1.54, 1.807) is 12.1 Å². The van der Waals surface area contributed by atoms with Crippen LogP contribution in [0.2, 0.25) is 5.02 Å². The van der Waals surface area contributed by atoms with Crippen LogP contribution in [-0.4, -0.2) is 37.0 Å². The highest BCUT2D eigenvalue weighted by Gasteiger charge is 2.18. The summed E-state index contributed by atoms with van der Waals surface area (Å²) in [6.07, 6.45) is 3.80. The number of hydrogen-bond acceptors (Lipinski definition) is 3. The SMILES string of the molecule is CCCN1CCC(CNCc2cccc(NC(=O)c3ccccc3Cl)c2)CC1. The second-order valence-corrected chi connectivity index (χ2v) is 7.96. The number of benzene rings is 2. The van der Waals surface area contributed by atoms with Crippen molar-refractivity contribution in [3.63, 3.8) is 0 Å². The fourth-order valence-electron chi connectivity index (χ4n) is 3.75. The second-order valence-electron chi connectivity index (χ2n) is 7.55. The van der Waals surface area contributed by atoms with Gasteiger partial charge in [-0.15, -0.1) is 0 Å². The van der Waals surface area contributed by atoms with Crippen LogP contribution in [0.15, 0.2) is 48.5 Å². The van der Waals surface area contributed by atoms with E-state index in [0.29, 0.717) is 10.6 Å². The molecule has 1 saturated heterocycles. The predicted molar refractivity (Wildman–Crippen MR) is 117 cm³/mol. The average molecular weight is 400 g/mol. The molecule has 150 valence electrons. The van der Waals surface area contributed by atoms with Crippen molar-refractivity contribution in [1.82, 2.24) is 10.2 Å². The van der Waals surface area contributed by atoms with Crippen molar-refractivity contribution in [2.24, 2.45) is 5.92 Å². The van der Waals surface area contributed by atoms with E-state index in [9.17, 15) is 4.79 Å². The summed E-state index contributed by atoms with van der Waals surface area (Å²) in [5.74, 6) is 0.575. The molecule has 3 rings (SSSR count). The number of carbonyl (C=O) groups is 1. The van der Waals surface area contributed by atoms with Crippen molar-refractivity contribution < 1.29 is 4.79 Å². The maximum Gasteiger partial charge on any atom is 0.257 e. The summed E-state index contributed by atoms with van der Waals surface area (Å²) in [5.41, 5.74) is 2.44. The summed E-state index contributed by atoms with van der Waals surface area (Å²) in [5, 5.41) is 6.99. The number of amides is 1. The zero-order valence-corrected chi connectivity index (χ0v) is 17.3. The third kappa shape index (κ3) is 6.06. The first kappa shape index (κ1) is 20.8. The van der Waals surface area contributed by atoms with Gasteiger partial charge in [-0.05, 0) is 81.2 Å². The molecule has 0 unspecified atom stereocenters. The number of nitrogens with one attached hydrogen (secondary N) is 2. The molecule has 2 aromatic rings. The lowest BCUT2D eigenvalue weighted by molar-refractivity contribution is 0.102. The van der Waals surface area contributed by atoms with Crippen molar-refractivity contribution in [2.45, 2.75) is 32.7 Å². The fourth-order valence-corrected chi connectivity index (χ4v) is 3.98. The van der Waals surface area contributed by atoms with E-state index in [-0.39, 0.29) is 5.91 Å². The Morgan fingerprint density at radius 1 is 1.14 bits per heavy atom. The van der Waals surface area contributed by atoms with Gasteiger partial charge >= 0.3 is 0 Å². The van der Waals surface area contributed by atoms with Crippen LogP contribution in [-0.2, 0) is 6.54 Å². The van der Waals surface area contributed by atoms with Gasteiger partial charge in [-0.2, -0.15) is 0 Å². The number of halogens is 1. The largest absolute Gasteiger partial charge is 0.322 e. The van der Waals surface area contributed by atoms with Crippen LogP contribution >= 0.6 is 11.6 Å². The number of carbonyl (C=O) groups excluding carboxylic acids is 1. The fraction of sp³-hybridized carbons (Fsp3) is 0.435. The van der Waals surface area contributed by atoms with Crippen molar-refractivity contribution in [1.29, 1.82) is 0 Å². The first-order valence-electron chi connectivity index (χ1n) is 10.2. The van der Waals surface area contributed by atoms with Crippen molar-refractivity contribution in [2.75, 3.05) is 31.5 Å². The molecule has 0 saturated carbocycles. The standard InChI is InChI=1S/C23H30ClN3O/c1-2-12-27-13-10-18(11-14-27)16-25-17-19-6-5-7-20(15-19)26-23(28)21-8-3-4-9-22(21)24/h3-9,15,18,25H,2,10-14,16-17H2,1H3,(H,26,28). The molecule has 1 fully saturated rings. The molecule has 0 radical (unpaired) electrons. The summed E-state index contributed by atoms with van der Waals surface area (Å²) in [4.78, 5) is 15.0. The number of piperidine rings is 1. The Balaban J connectivity index is 1.46. The zero-order chi connectivity index (χ0) is 19.8. The summed E-state index contributed by atoms with van der Waals surface area (Å²) in [7, 11) is 0. The second kappa shape index (κ2) is 10.6. The van der Waals surface area contributed by atoms with Crippen LogP contribution < -0.4 is 10.6 Å². The van der Waals surface area contributed by atoms with Crippen molar-refractivity contribution >= 4 is 23.2 Å². The summed E-state index contributed by atoms with van der Waals surface area (Å²) in [6, 6.07) is 15.1. The minimum absolute atomic E-state index is 0.186. The highest BCUT2D eigenvalue weighted by Crippen LogP contribution is 2.19. The van der Waals surface area contributed by atoms with Gasteiger partial charge in [0.2, 0.25) is 0 Å². The normalized spacial score (nSPS) is 15.5. The molecule has 0 aliphatic carbocycles. The maximum absolute atomic E-state index is 12.4. The summed E-state index contributed by atoms with van der Waals surface area (Å²) < 4.78 is 0. The van der Waals surface area contributed by atoms with E-state index < -0.39 is 0 Å². The van der Waals surface area contributed by atoms with Gasteiger partial charge in [-0.3, -0.25) is 4.79 Å². The van der Waals surface area contributed by atoms with E-state index >= 15 is 0 Å². The third-order valence-electron chi connectivity index (χ3n) is 5.31. The lowest BCUT2D eigenvalue weighted by Crippen LogP contribution is -2.37. The Bertz CT molecular complexity index is 772. The maximum atomic E-state index is 12.4. The minimum atomic E-state index is -0.186. The van der Waals surface area contributed by atoms with Gasteiger partial charge in [-0.25, -0.2) is 0 Å². The van der Waals surface area contributed by atoms with Gasteiger partial charge in [-0.1, -0.05) is 42.8 Å². The van der Waals surface area contributed by atoms with Crippen LogP contribution in [0, 0.1) is 5.92 Å². The Morgan fingerprint density at radius 3 is 2.68 bits per heavy atom. The van der Waals surface area contributed by atoms with E-state index in [1.807, 2.05) is 30.3 Å². The Hall–Kier alpha value is -1.88. The van der Waals surface area contributed by atoms with Crippen LogP contribution in [0.3, 0.4) is 0 Å². The lowest BCUT2D eigenvalue weighted by atomic mass is 9.96. The topological polar surface area (TPSA) is 44.4 Å². The molecule has 1 heterocycles. The van der Waals surface area contributed by atoms with E-state index in [4.69, 9.17) is 11.6 Å². The Kier molecular flexibility index (Phi) is 7.90. The van der Waals surface area contributed by atoms with Crippen LogP contribution in [0.1, 0.15) is 42.1 Å². The molecule has 2 aromatic carbocycles. The number of anilines is 1. The minimum Gasteiger partial charge on any atom is -0.322 e. The van der Waals surface area contributed by atoms with E-state index in [1.165, 1.54) is 44.5 Å². The van der Waals surface area contributed by atoms with E-state index in [0.717, 1.165) is 24.7 Å². The highest BCUT2D eigenvalue weighted by molar-refractivity contribution is 6.34. The molecular weight excluding hydrogens is 370 g/mol. The lowest BCUT2D eigenvalue weighted by Gasteiger charge is -2.31. The molecule has 0 atom stereocenters. The molecule has 0 spiro atoms. The Labute approximate surface area is 173 Å². The predicted octanol–water partition coefficient (Wildman–Crippen LogP) is 4.80. The van der Waals surface area contributed by atoms with Crippen molar-refractivity contribution in [3.8, 4) is 0 Å². The number of hydrogen-bond donors (Lipinski definition) is 2. The van der Waals surface area contributed by atoms with Gasteiger partial charge in [0.25, 0.3) is 5.91 Å². The molecule has 0 aromatic heterocycles. The zero-order valence-electron chi connectivity index (χ0n) is 16.6.